The minimum atomic E-state index is -0.668. The quantitative estimate of drug-likeness (QED) is 0.247. The lowest BCUT2D eigenvalue weighted by molar-refractivity contribution is 0.0596. The first-order valence-corrected chi connectivity index (χ1v) is 14.1. The highest BCUT2D eigenvalue weighted by Gasteiger charge is 2.33. The van der Waals surface area contributed by atoms with Gasteiger partial charge in [-0.25, -0.2) is 4.79 Å². The molecule has 1 aliphatic carbocycles. The average molecular weight is 527 g/mol. The van der Waals surface area contributed by atoms with Crippen molar-refractivity contribution in [1.29, 1.82) is 0 Å². The van der Waals surface area contributed by atoms with Crippen LogP contribution in [0.15, 0.2) is 47.8 Å². The molecule has 0 bridgehead atoms. The second-order valence-electron chi connectivity index (χ2n) is 9.76. The number of nitrogens with zero attached hydrogens (tertiary/aromatic N) is 1. The van der Waals surface area contributed by atoms with Crippen LogP contribution in [-0.4, -0.2) is 36.4 Å². The number of amides is 1. The van der Waals surface area contributed by atoms with E-state index in [9.17, 15) is 14.7 Å². The number of hydrogen-bond acceptors (Lipinski definition) is 7. The number of carbonyl (C=O) groups is 2. The number of aliphatic hydroxyl groups excluding tert-OH is 1. The second kappa shape index (κ2) is 11.6. The molecule has 1 fully saturated rings. The van der Waals surface area contributed by atoms with Crippen molar-refractivity contribution < 1.29 is 19.4 Å². The third-order valence-corrected chi connectivity index (χ3v) is 8.88. The van der Waals surface area contributed by atoms with E-state index in [1.165, 1.54) is 29.8 Å². The lowest BCUT2D eigenvalue weighted by Crippen LogP contribution is -2.46. The number of anilines is 2. The van der Waals surface area contributed by atoms with Gasteiger partial charge < -0.3 is 20.1 Å². The third-order valence-electron chi connectivity index (χ3n) is 6.86. The topological polar surface area (TPSA) is 78.9 Å². The van der Waals surface area contributed by atoms with E-state index < -0.39 is 12.2 Å². The minimum Gasteiger partial charge on any atom is -0.465 e. The summed E-state index contributed by atoms with van der Waals surface area (Å²) < 4.78 is 5.11. The molecule has 1 unspecified atom stereocenters. The Kier molecular flexibility index (Phi) is 8.49. The van der Waals surface area contributed by atoms with Gasteiger partial charge in [0.1, 0.15) is 11.1 Å². The van der Waals surface area contributed by atoms with Crippen molar-refractivity contribution in [2.75, 3.05) is 17.3 Å². The maximum atomic E-state index is 12.8. The maximum absolute atomic E-state index is 12.8. The fourth-order valence-corrected chi connectivity index (χ4v) is 6.51. The van der Waals surface area contributed by atoms with E-state index in [0.29, 0.717) is 27.0 Å². The van der Waals surface area contributed by atoms with Crippen LogP contribution >= 0.6 is 22.7 Å². The van der Waals surface area contributed by atoms with E-state index >= 15 is 0 Å². The van der Waals surface area contributed by atoms with Gasteiger partial charge in [0, 0.05) is 22.5 Å². The van der Waals surface area contributed by atoms with Gasteiger partial charge >= 0.3 is 5.97 Å². The first-order valence-electron chi connectivity index (χ1n) is 12.4. The molecule has 1 amide bonds. The van der Waals surface area contributed by atoms with Crippen LogP contribution in [-0.2, 0) is 4.74 Å². The molecule has 0 aliphatic heterocycles. The predicted molar refractivity (Wildman–Crippen MR) is 148 cm³/mol. The number of ether oxygens (including phenoxy) is 1. The predicted octanol–water partition coefficient (Wildman–Crippen LogP) is 6.88. The minimum absolute atomic E-state index is 0.0000427. The van der Waals surface area contributed by atoms with Crippen LogP contribution in [0.25, 0.3) is 10.4 Å². The van der Waals surface area contributed by atoms with E-state index in [1.54, 1.807) is 6.07 Å². The van der Waals surface area contributed by atoms with Gasteiger partial charge in [-0.2, -0.15) is 0 Å². The maximum Gasteiger partial charge on any atom is 0.350 e. The summed E-state index contributed by atoms with van der Waals surface area (Å²) >= 11 is 2.76. The molecule has 8 heteroatoms. The van der Waals surface area contributed by atoms with Gasteiger partial charge in [-0.1, -0.05) is 38.0 Å². The summed E-state index contributed by atoms with van der Waals surface area (Å²) in [6.07, 6.45) is 3.52. The molecule has 3 aromatic rings. The monoisotopic (exact) mass is 526 g/mol. The molecule has 2 heterocycles. The summed E-state index contributed by atoms with van der Waals surface area (Å²) in [4.78, 5) is 29.1. The Morgan fingerprint density at radius 3 is 2.39 bits per heavy atom. The van der Waals surface area contributed by atoms with Crippen LogP contribution in [0.5, 0.6) is 0 Å². The number of benzene rings is 1. The van der Waals surface area contributed by atoms with Gasteiger partial charge in [0.25, 0.3) is 5.91 Å². The Morgan fingerprint density at radius 2 is 1.81 bits per heavy atom. The first-order chi connectivity index (χ1) is 17.3. The van der Waals surface area contributed by atoms with E-state index in [2.05, 4.69) is 12.2 Å². The number of carbonyl (C=O) groups excluding carboxylic acids is 2. The van der Waals surface area contributed by atoms with Crippen molar-refractivity contribution in [2.24, 2.45) is 11.8 Å². The van der Waals surface area contributed by atoms with Crippen LogP contribution in [0.2, 0.25) is 0 Å². The fourth-order valence-electron chi connectivity index (χ4n) is 4.81. The van der Waals surface area contributed by atoms with E-state index in [4.69, 9.17) is 4.74 Å². The summed E-state index contributed by atoms with van der Waals surface area (Å²) in [5.74, 6) is 0.320. The molecule has 0 saturated heterocycles. The molecule has 2 aromatic heterocycles. The van der Waals surface area contributed by atoms with E-state index in [0.717, 1.165) is 36.1 Å². The average Bonchev–Trinajstić information content (AvgIpc) is 3.55. The van der Waals surface area contributed by atoms with Gasteiger partial charge in [0.2, 0.25) is 0 Å². The Morgan fingerprint density at radius 1 is 1.11 bits per heavy atom. The number of methoxy groups -OCH3 is 1. The molecule has 4 rings (SSSR count). The smallest absolute Gasteiger partial charge is 0.350 e. The number of esters is 1. The van der Waals surface area contributed by atoms with Gasteiger partial charge in [-0.05, 0) is 67.8 Å². The zero-order valence-corrected chi connectivity index (χ0v) is 22.8. The Balaban J connectivity index is 1.61. The third kappa shape index (κ3) is 5.82. The number of hydrogen-bond donors (Lipinski definition) is 2. The highest BCUT2D eigenvalue weighted by molar-refractivity contribution is 7.18. The Labute approximate surface area is 220 Å². The zero-order valence-electron chi connectivity index (χ0n) is 21.2. The van der Waals surface area contributed by atoms with Crippen LogP contribution < -0.4 is 10.2 Å². The molecule has 0 spiro atoms. The SMILES string of the molecule is COC(=O)c1sc(-c2ccc(NC(=O)c3cccs3)cc2)cc1N(C(C)C)C(O)C1CCC(C)CC1. The van der Waals surface area contributed by atoms with Gasteiger partial charge in [-0.3, -0.25) is 4.79 Å². The molecule has 2 N–H and O–H groups in total. The number of rotatable bonds is 8. The Bertz CT molecular complexity index is 1160. The van der Waals surface area contributed by atoms with Crippen LogP contribution in [0.4, 0.5) is 11.4 Å². The normalized spacial score (nSPS) is 18.6. The fraction of sp³-hybridized carbons (Fsp3) is 0.429. The Hall–Kier alpha value is -2.68. The highest BCUT2D eigenvalue weighted by atomic mass is 32.1. The van der Waals surface area contributed by atoms with Gasteiger partial charge in [-0.15, -0.1) is 22.7 Å². The lowest BCUT2D eigenvalue weighted by Gasteiger charge is -2.40. The van der Waals surface area contributed by atoms with Crippen molar-refractivity contribution in [1.82, 2.24) is 0 Å². The molecule has 36 heavy (non-hydrogen) atoms. The molecule has 1 atom stereocenters. The van der Waals surface area contributed by atoms with Crippen LogP contribution in [0, 0.1) is 11.8 Å². The van der Waals surface area contributed by atoms with Crippen LogP contribution in [0.1, 0.15) is 65.8 Å². The van der Waals surface area contributed by atoms with Crippen molar-refractivity contribution in [3.8, 4) is 10.4 Å². The van der Waals surface area contributed by atoms with Crippen molar-refractivity contribution in [2.45, 2.75) is 58.7 Å². The molecule has 1 saturated carbocycles. The molecule has 6 nitrogen and oxygen atoms in total. The van der Waals surface area contributed by atoms with Gasteiger partial charge in [0.15, 0.2) is 0 Å². The molecule has 1 aromatic carbocycles. The largest absolute Gasteiger partial charge is 0.465 e. The zero-order chi connectivity index (χ0) is 25.8. The second-order valence-corrected chi connectivity index (χ2v) is 11.8. The summed E-state index contributed by atoms with van der Waals surface area (Å²) in [6.45, 7) is 6.35. The molecule has 192 valence electrons. The molecule has 1 aliphatic rings. The molecule has 0 radical (unpaired) electrons. The first kappa shape index (κ1) is 26.4. The lowest BCUT2D eigenvalue weighted by atomic mass is 9.81. The van der Waals surface area contributed by atoms with Crippen molar-refractivity contribution in [3.05, 3.63) is 57.6 Å². The van der Waals surface area contributed by atoms with Crippen LogP contribution in [0.3, 0.4) is 0 Å². The summed E-state index contributed by atoms with van der Waals surface area (Å²) in [5.41, 5.74) is 2.33. The standard InChI is InChI=1S/C28H34N2O4S2/c1-17(2)30(27(32)20-9-7-18(3)8-10-20)22-16-24(36-25(22)28(33)34-4)19-11-13-21(14-12-19)29-26(31)23-6-5-15-35-23/h5-6,11-18,20,27,32H,7-10H2,1-4H3,(H,29,31). The highest BCUT2D eigenvalue weighted by Crippen LogP contribution is 2.41. The van der Waals surface area contributed by atoms with E-state index in [1.807, 2.05) is 60.5 Å². The van der Waals surface area contributed by atoms with Gasteiger partial charge in [0.05, 0.1) is 17.7 Å². The summed E-state index contributed by atoms with van der Waals surface area (Å²) in [6, 6.07) is 13.2. The number of nitrogens with one attached hydrogen (secondary N) is 1. The molecular formula is C28H34N2O4S2. The molecular weight excluding hydrogens is 492 g/mol. The number of thiophene rings is 2. The van der Waals surface area contributed by atoms with E-state index in [-0.39, 0.29) is 17.9 Å². The summed E-state index contributed by atoms with van der Waals surface area (Å²) in [7, 11) is 1.38. The number of aliphatic hydroxyl groups is 1. The van der Waals surface area contributed by atoms with Crippen molar-refractivity contribution >= 4 is 45.9 Å². The summed E-state index contributed by atoms with van der Waals surface area (Å²) in [5, 5.41) is 16.2. The van der Waals surface area contributed by atoms with Crippen molar-refractivity contribution in [3.63, 3.8) is 0 Å².